The summed E-state index contributed by atoms with van der Waals surface area (Å²) in [5.74, 6) is -1.91. The van der Waals surface area contributed by atoms with Crippen molar-refractivity contribution in [3.05, 3.63) is 29.5 Å². The van der Waals surface area contributed by atoms with Crippen molar-refractivity contribution >= 4 is 28.0 Å². The number of pyridine rings is 1. The summed E-state index contributed by atoms with van der Waals surface area (Å²) < 4.78 is 80.6. The molecule has 0 atom stereocenters. The molecule has 0 amide bonds. The van der Waals surface area contributed by atoms with Crippen LogP contribution in [-0.2, 0) is 20.9 Å². The number of methoxy groups -OCH3 is 3. The number of anilines is 1. The van der Waals surface area contributed by atoms with Crippen LogP contribution >= 0.6 is 0 Å². The van der Waals surface area contributed by atoms with E-state index in [1.54, 1.807) is 0 Å². The van der Waals surface area contributed by atoms with Gasteiger partial charge in [0.2, 0.25) is 17.7 Å². The number of halogens is 3. The summed E-state index contributed by atoms with van der Waals surface area (Å²) in [6.07, 6.45) is -5.04. The minimum Gasteiger partial charge on any atom is -0.845 e. The van der Waals surface area contributed by atoms with Gasteiger partial charge in [0, 0.05) is 0 Å². The molecule has 0 saturated heterocycles. The van der Waals surface area contributed by atoms with Gasteiger partial charge in [-0.1, -0.05) is 0 Å². The number of alkyl halides is 3. The molecule has 0 spiro atoms. The molecule has 0 aliphatic carbocycles. The van der Waals surface area contributed by atoms with Crippen molar-refractivity contribution in [1.82, 2.24) is 15.0 Å². The number of carbonyl (C=O) groups is 1. The van der Waals surface area contributed by atoms with Crippen molar-refractivity contribution in [2.24, 2.45) is 4.40 Å². The number of esters is 1. The number of sulfonamides is 1. The first-order valence-corrected chi connectivity index (χ1v) is 9.28. The van der Waals surface area contributed by atoms with Crippen molar-refractivity contribution in [3.63, 3.8) is 0 Å². The zero-order valence-corrected chi connectivity index (χ0v) is 19.7. The van der Waals surface area contributed by atoms with Crippen LogP contribution in [-0.4, -0.2) is 56.7 Å². The first-order valence-electron chi connectivity index (χ1n) is 7.84. The molecular formula is C15H13F3N5NaO7S. The number of hydrogen-bond donors (Lipinski definition) is 1. The molecule has 0 fully saturated rings. The predicted molar refractivity (Wildman–Crippen MR) is 94.0 cm³/mol. The average molecular weight is 487 g/mol. The number of nitrogens with one attached hydrogen (secondary N) is 1. The Bertz CT molecular complexity index is 1110. The zero-order valence-electron chi connectivity index (χ0n) is 16.9. The molecule has 0 radical (unpaired) electrons. The van der Waals surface area contributed by atoms with Crippen LogP contribution < -0.4 is 49.5 Å². The molecule has 0 aliphatic rings. The third-order valence-corrected chi connectivity index (χ3v) is 4.53. The topological polar surface area (TPSA) is 165 Å². The summed E-state index contributed by atoms with van der Waals surface area (Å²) in [7, 11) is -1.84. The van der Waals surface area contributed by atoms with Crippen LogP contribution in [0.1, 0.15) is 16.1 Å². The van der Waals surface area contributed by atoms with Crippen LogP contribution in [0.5, 0.6) is 11.8 Å². The van der Waals surface area contributed by atoms with Gasteiger partial charge in [-0.3, -0.25) is 0 Å². The van der Waals surface area contributed by atoms with Gasteiger partial charge >= 0.3 is 51.7 Å². The van der Waals surface area contributed by atoms with Gasteiger partial charge in [-0.05, 0) is 12.1 Å². The standard InChI is InChI=1S/C15H14F3N5O7S.Na/c1-28-9-6-10(29-2)21-13(20-9)22-14(25)23-31(26,27)11-7(12(24)30-3)4-5-8(19-11)15(16,17)18;/h4-6H,1-3H3,(H2,20,21,22,23,25);/q;+1/p-1. The average Bonchev–Trinajstić information content (AvgIpc) is 2.71. The van der Waals surface area contributed by atoms with Gasteiger partial charge in [0.25, 0.3) is 0 Å². The quantitative estimate of drug-likeness (QED) is 0.194. The Labute approximate surface area is 201 Å². The third-order valence-electron chi connectivity index (χ3n) is 3.32. The minimum absolute atomic E-state index is 0. The second-order valence-corrected chi connectivity index (χ2v) is 6.83. The fourth-order valence-electron chi connectivity index (χ4n) is 2.00. The van der Waals surface area contributed by atoms with E-state index in [1.807, 2.05) is 5.32 Å². The molecule has 2 aromatic rings. The van der Waals surface area contributed by atoms with E-state index in [-0.39, 0.29) is 41.3 Å². The molecule has 2 rings (SSSR count). The van der Waals surface area contributed by atoms with Gasteiger partial charge in [-0.15, -0.1) is 0 Å². The molecule has 2 aromatic heterocycles. The van der Waals surface area contributed by atoms with Crippen LogP contribution in [0.2, 0.25) is 0 Å². The number of rotatable bonds is 6. The van der Waals surface area contributed by atoms with Gasteiger partial charge in [-0.2, -0.15) is 36.0 Å². The first kappa shape index (κ1) is 27.3. The zero-order chi connectivity index (χ0) is 23.4. The number of nitrogens with zero attached hydrogens (tertiary/aromatic N) is 4. The predicted octanol–water partition coefficient (Wildman–Crippen LogP) is -2.78. The Morgan fingerprint density at radius 2 is 1.66 bits per heavy atom. The van der Waals surface area contributed by atoms with Crippen molar-refractivity contribution in [1.29, 1.82) is 0 Å². The monoisotopic (exact) mass is 487 g/mol. The number of aromatic nitrogens is 3. The molecule has 0 bridgehead atoms. The van der Waals surface area contributed by atoms with Gasteiger partial charge in [0.15, 0.2) is 5.03 Å². The molecular weight excluding hydrogens is 474 g/mol. The molecule has 168 valence electrons. The van der Waals surface area contributed by atoms with E-state index >= 15 is 0 Å². The molecule has 0 saturated carbocycles. The number of ether oxygens (including phenoxy) is 3. The van der Waals surface area contributed by atoms with Crippen molar-refractivity contribution in [2.45, 2.75) is 11.2 Å². The van der Waals surface area contributed by atoms with E-state index in [2.05, 4.69) is 24.1 Å². The Hall–Kier alpha value is -2.69. The second kappa shape index (κ2) is 10.8. The van der Waals surface area contributed by atoms with Crippen molar-refractivity contribution in [3.8, 4) is 11.8 Å². The maximum Gasteiger partial charge on any atom is 1.00 e. The molecule has 12 nitrogen and oxygen atoms in total. The largest absolute Gasteiger partial charge is 1.00 e. The van der Waals surface area contributed by atoms with E-state index in [1.165, 1.54) is 20.3 Å². The van der Waals surface area contributed by atoms with E-state index < -0.39 is 50.4 Å². The molecule has 1 N–H and O–H groups in total. The van der Waals surface area contributed by atoms with E-state index in [0.717, 1.165) is 7.11 Å². The summed E-state index contributed by atoms with van der Waals surface area (Å²) in [4.78, 5) is 22.1. The molecule has 17 heteroatoms. The van der Waals surface area contributed by atoms with E-state index in [9.17, 15) is 31.5 Å². The normalized spacial score (nSPS) is 11.9. The van der Waals surface area contributed by atoms with E-state index in [0.29, 0.717) is 12.1 Å². The number of hydrogen-bond acceptors (Lipinski definition) is 10. The summed E-state index contributed by atoms with van der Waals surface area (Å²) in [6.45, 7) is 0. The maximum atomic E-state index is 12.9. The third kappa shape index (κ3) is 6.65. The van der Waals surface area contributed by atoms with Crippen LogP contribution in [0.15, 0.2) is 27.6 Å². The molecule has 0 aromatic carbocycles. The minimum atomic E-state index is -5.20. The van der Waals surface area contributed by atoms with Gasteiger partial charge in [0.05, 0.1) is 39.0 Å². The smallest absolute Gasteiger partial charge is 0.845 e. The Morgan fingerprint density at radius 1 is 1.09 bits per heavy atom. The Balaban J connectivity index is 0.00000512. The van der Waals surface area contributed by atoms with Gasteiger partial charge in [0.1, 0.15) is 5.69 Å². The second-order valence-electron chi connectivity index (χ2n) is 5.31. The number of carbonyl (C=O) groups excluding carboxylic acids is 1. The first-order chi connectivity index (χ1) is 14.4. The summed E-state index contributed by atoms with van der Waals surface area (Å²) in [6, 6.07) is 0.573. The molecule has 0 aliphatic heterocycles. The van der Waals surface area contributed by atoms with Gasteiger partial charge < -0.3 is 24.6 Å². The molecule has 0 unspecified atom stereocenters. The maximum absolute atomic E-state index is 12.9. The summed E-state index contributed by atoms with van der Waals surface area (Å²) in [5, 5.41) is 12.5. The van der Waals surface area contributed by atoms with Crippen LogP contribution in [0.25, 0.3) is 0 Å². The van der Waals surface area contributed by atoms with E-state index in [4.69, 9.17) is 9.47 Å². The summed E-state index contributed by atoms with van der Waals surface area (Å²) in [5.41, 5.74) is -2.48. The number of amidine groups is 1. The van der Waals surface area contributed by atoms with Gasteiger partial charge in [-0.25, -0.2) is 9.78 Å². The summed E-state index contributed by atoms with van der Waals surface area (Å²) >= 11 is 0. The van der Waals surface area contributed by atoms with Crippen LogP contribution in [0.4, 0.5) is 19.1 Å². The molecule has 2 heterocycles. The van der Waals surface area contributed by atoms with Crippen molar-refractivity contribution < 1.29 is 75.3 Å². The Kier molecular flexibility index (Phi) is 9.19. The fraction of sp³-hybridized carbons (Fsp3) is 0.267. The molecule has 32 heavy (non-hydrogen) atoms. The van der Waals surface area contributed by atoms with Crippen LogP contribution in [0.3, 0.4) is 0 Å². The van der Waals surface area contributed by atoms with Crippen molar-refractivity contribution in [2.75, 3.05) is 26.6 Å². The fourth-order valence-corrected chi connectivity index (χ4v) is 2.99. The Morgan fingerprint density at radius 3 is 2.12 bits per heavy atom. The SMILES string of the molecule is COC(=O)c1ccc(C(F)(F)F)nc1S(=O)(=O)/N=C(/[O-])Nc1nc(OC)cc(OC)n1.[Na+]. The van der Waals surface area contributed by atoms with Crippen LogP contribution in [0, 0.1) is 0 Å².